The molecule has 1 aliphatic rings. The normalized spacial score (nSPS) is 14.0. The molecule has 0 atom stereocenters. The zero-order valence-corrected chi connectivity index (χ0v) is 16.8. The molecule has 1 aromatic heterocycles. The zero-order chi connectivity index (χ0) is 20.1. The molecule has 0 spiro atoms. The highest BCUT2D eigenvalue weighted by Crippen LogP contribution is 2.21. The Bertz CT molecular complexity index is 976. The van der Waals surface area contributed by atoms with Crippen LogP contribution in [-0.2, 0) is 22.4 Å². The minimum Gasteiger partial charge on any atom is -0.378 e. The number of anilines is 1. The molecule has 4 heteroatoms. The minimum atomic E-state index is 0.233. The minimum absolute atomic E-state index is 0.233. The van der Waals surface area contributed by atoms with E-state index in [2.05, 4.69) is 40.2 Å². The van der Waals surface area contributed by atoms with Crippen LogP contribution in [0.3, 0.4) is 0 Å². The lowest BCUT2D eigenvalue weighted by atomic mass is 9.99. The van der Waals surface area contributed by atoms with Gasteiger partial charge in [0.2, 0.25) is 0 Å². The fourth-order valence-electron chi connectivity index (χ4n) is 3.74. The number of rotatable bonds is 6. The van der Waals surface area contributed by atoms with Gasteiger partial charge >= 0.3 is 0 Å². The van der Waals surface area contributed by atoms with Crippen LogP contribution in [0.15, 0.2) is 66.9 Å². The first-order valence-corrected chi connectivity index (χ1v) is 10.1. The second-order valence-corrected chi connectivity index (χ2v) is 7.54. The van der Waals surface area contributed by atoms with E-state index in [9.17, 15) is 4.79 Å². The molecule has 0 bridgehead atoms. The third-order valence-corrected chi connectivity index (χ3v) is 5.27. The molecule has 4 nitrogen and oxygen atoms in total. The summed E-state index contributed by atoms with van der Waals surface area (Å²) < 4.78 is 5.43. The predicted octanol–water partition coefficient (Wildman–Crippen LogP) is 4.25. The molecule has 0 aliphatic carbocycles. The van der Waals surface area contributed by atoms with Crippen molar-refractivity contribution in [3.8, 4) is 11.1 Å². The van der Waals surface area contributed by atoms with E-state index < -0.39 is 0 Å². The molecule has 0 unspecified atom stereocenters. The molecule has 2 aromatic carbocycles. The van der Waals surface area contributed by atoms with Gasteiger partial charge in [-0.2, -0.15) is 0 Å². The number of Topliss-reactive ketones (excluding diaryl/α,β-unsaturated/α-hetero) is 1. The van der Waals surface area contributed by atoms with Gasteiger partial charge in [-0.3, -0.25) is 9.78 Å². The number of ether oxygens (including phenoxy) is 1. The first-order chi connectivity index (χ1) is 14.2. The fraction of sp³-hybridized carbons (Fsp3) is 0.280. The monoisotopic (exact) mass is 386 g/mol. The number of pyridine rings is 1. The molecular weight excluding hydrogens is 360 g/mol. The smallest absolute Gasteiger partial charge is 0.141 e. The van der Waals surface area contributed by atoms with Crippen molar-refractivity contribution in [3.05, 3.63) is 83.7 Å². The number of nitrogens with zero attached hydrogens (tertiary/aromatic N) is 2. The van der Waals surface area contributed by atoms with E-state index in [0.717, 1.165) is 54.3 Å². The van der Waals surface area contributed by atoms with Crippen molar-refractivity contribution in [1.82, 2.24) is 4.98 Å². The summed E-state index contributed by atoms with van der Waals surface area (Å²) in [5, 5.41) is 0. The Morgan fingerprint density at radius 2 is 1.69 bits per heavy atom. The van der Waals surface area contributed by atoms with Crippen LogP contribution in [0.4, 0.5) is 5.69 Å². The molecule has 0 amide bonds. The van der Waals surface area contributed by atoms with Gasteiger partial charge in [0.15, 0.2) is 0 Å². The lowest BCUT2D eigenvalue weighted by Crippen LogP contribution is -2.36. The number of carbonyl (C=O) groups is 1. The van der Waals surface area contributed by atoms with E-state index in [-0.39, 0.29) is 5.78 Å². The summed E-state index contributed by atoms with van der Waals surface area (Å²) in [5.74, 6) is 0.233. The van der Waals surface area contributed by atoms with Crippen LogP contribution in [-0.4, -0.2) is 37.1 Å². The van der Waals surface area contributed by atoms with Crippen LogP contribution in [0, 0.1) is 6.92 Å². The summed E-state index contributed by atoms with van der Waals surface area (Å²) in [6.07, 6.45) is 2.74. The summed E-state index contributed by atoms with van der Waals surface area (Å²) in [4.78, 5) is 19.2. The van der Waals surface area contributed by atoms with Crippen LogP contribution in [0.2, 0.25) is 0 Å². The Kier molecular flexibility index (Phi) is 6.01. The predicted molar refractivity (Wildman–Crippen MR) is 116 cm³/mol. The Balaban J connectivity index is 1.38. The highest BCUT2D eigenvalue weighted by atomic mass is 16.5. The Labute approximate surface area is 172 Å². The van der Waals surface area contributed by atoms with Crippen molar-refractivity contribution in [3.63, 3.8) is 0 Å². The number of aromatic nitrogens is 1. The molecular formula is C25H26N2O2. The SMILES string of the molecule is Cc1cc(-c2ccc(CC(=O)Cc3cccc(N4CCOCC4)c3)cc2)ccn1. The molecule has 29 heavy (non-hydrogen) atoms. The van der Waals surface area contributed by atoms with Crippen molar-refractivity contribution in [2.45, 2.75) is 19.8 Å². The maximum atomic E-state index is 12.6. The average Bonchev–Trinajstić information content (AvgIpc) is 2.75. The molecule has 0 N–H and O–H groups in total. The van der Waals surface area contributed by atoms with E-state index in [1.165, 1.54) is 5.69 Å². The van der Waals surface area contributed by atoms with Crippen LogP contribution >= 0.6 is 0 Å². The first-order valence-electron chi connectivity index (χ1n) is 10.1. The second-order valence-electron chi connectivity index (χ2n) is 7.54. The molecule has 148 valence electrons. The number of ketones is 1. The van der Waals surface area contributed by atoms with E-state index in [1.54, 1.807) is 0 Å². The van der Waals surface area contributed by atoms with Gasteiger partial charge in [0, 0.05) is 43.5 Å². The highest BCUT2D eigenvalue weighted by Gasteiger charge is 2.12. The summed E-state index contributed by atoms with van der Waals surface area (Å²) in [5.41, 5.74) is 6.59. The summed E-state index contributed by atoms with van der Waals surface area (Å²) >= 11 is 0. The molecule has 1 fully saturated rings. The third kappa shape index (κ3) is 5.09. The Morgan fingerprint density at radius 1 is 0.931 bits per heavy atom. The van der Waals surface area contributed by atoms with Crippen LogP contribution in [0.1, 0.15) is 16.8 Å². The maximum Gasteiger partial charge on any atom is 0.141 e. The number of carbonyl (C=O) groups excluding carboxylic acids is 1. The van der Waals surface area contributed by atoms with Crippen molar-refractivity contribution in [2.24, 2.45) is 0 Å². The molecule has 1 saturated heterocycles. The zero-order valence-electron chi connectivity index (χ0n) is 16.8. The van der Waals surface area contributed by atoms with Gasteiger partial charge in [-0.15, -0.1) is 0 Å². The number of hydrogen-bond donors (Lipinski definition) is 0. The largest absolute Gasteiger partial charge is 0.378 e. The van der Waals surface area contributed by atoms with E-state index in [4.69, 9.17) is 4.74 Å². The van der Waals surface area contributed by atoms with Crippen LogP contribution in [0.5, 0.6) is 0 Å². The van der Waals surface area contributed by atoms with Crippen molar-refractivity contribution in [2.75, 3.05) is 31.2 Å². The molecule has 1 aliphatic heterocycles. The van der Waals surface area contributed by atoms with Gasteiger partial charge < -0.3 is 9.64 Å². The van der Waals surface area contributed by atoms with Crippen LogP contribution in [0.25, 0.3) is 11.1 Å². The lowest BCUT2D eigenvalue weighted by molar-refractivity contribution is -0.117. The molecule has 4 rings (SSSR count). The second kappa shape index (κ2) is 9.01. The Morgan fingerprint density at radius 3 is 2.45 bits per heavy atom. The number of benzene rings is 2. The van der Waals surface area contributed by atoms with Crippen molar-refractivity contribution >= 4 is 11.5 Å². The number of morpholine rings is 1. The van der Waals surface area contributed by atoms with Gasteiger partial charge in [0.25, 0.3) is 0 Å². The quantitative estimate of drug-likeness (QED) is 0.635. The molecule has 0 radical (unpaired) electrons. The Hall–Kier alpha value is -2.98. The van der Waals surface area contributed by atoms with E-state index in [0.29, 0.717) is 12.8 Å². The lowest BCUT2D eigenvalue weighted by Gasteiger charge is -2.29. The van der Waals surface area contributed by atoms with E-state index >= 15 is 0 Å². The number of hydrogen-bond acceptors (Lipinski definition) is 4. The van der Waals surface area contributed by atoms with Gasteiger partial charge in [0.1, 0.15) is 5.78 Å². The standard InChI is InChI=1S/C25H26N2O2/c1-19-15-23(9-10-26-19)22-7-5-20(6-8-22)17-25(28)18-21-3-2-4-24(16-21)27-11-13-29-14-12-27/h2-10,15-16H,11-14,17-18H2,1H3. The van der Waals surface area contributed by atoms with Crippen molar-refractivity contribution < 1.29 is 9.53 Å². The van der Waals surface area contributed by atoms with Gasteiger partial charge in [-0.1, -0.05) is 36.4 Å². The summed E-state index contributed by atoms with van der Waals surface area (Å²) in [6.45, 7) is 5.32. The molecule has 0 saturated carbocycles. The third-order valence-electron chi connectivity index (χ3n) is 5.27. The first kappa shape index (κ1) is 19.3. The maximum absolute atomic E-state index is 12.6. The topological polar surface area (TPSA) is 42.4 Å². The average molecular weight is 386 g/mol. The molecule has 3 aromatic rings. The summed E-state index contributed by atoms with van der Waals surface area (Å²) in [6, 6.07) is 20.7. The van der Waals surface area contributed by atoms with Gasteiger partial charge in [-0.05, 0) is 53.4 Å². The van der Waals surface area contributed by atoms with Crippen LogP contribution < -0.4 is 4.90 Å². The number of aryl methyl sites for hydroxylation is 1. The highest BCUT2D eigenvalue weighted by molar-refractivity contribution is 5.83. The van der Waals surface area contributed by atoms with E-state index in [1.807, 2.05) is 43.5 Å². The van der Waals surface area contributed by atoms with Crippen molar-refractivity contribution in [1.29, 1.82) is 0 Å². The molecule has 2 heterocycles. The summed E-state index contributed by atoms with van der Waals surface area (Å²) in [7, 11) is 0. The van der Waals surface area contributed by atoms with Gasteiger partial charge in [-0.25, -0.2) is 0 Å². The fourth-order valence-corrected chi connectivity index (χ4v) is 3.74. The van der Waals surface area contributed by atoms with Gasteiger partial charge in [0.05, 0.1) is 13.2 Å².